The maximum absolute atomic E-state index is 15.0. The van der Waals surface area contributed by atoms with Crippen molar-refractivity contribution in [2.45, 2.75) is 78.2 Å². The van der Waals surface area contributed by atoms with E-state index in [2.05, 4.69) is 20.5 Å². The number of phosphoric ester groups is 1. The second-order valence-corrected chi connectivity index (χ2v) is 17.7. The van der Waals surface area contributed by atoms with Gasteiger partial charge in [0, 0.05) is 69.0 Å². The first kappa shape index (κ1) is 38.7. The van der Waals surface area contributed by atoms with Crippen molar-refractivity contribution < 1.29 is 36.9 Å². The van der Waals surface area contributed by atoms with Gasteiger partial charge >= 0.3 is 13.9 Å². The minimum atomic E-state index is -3.99. The zero-order valence-corrected chi connectivity index (χ0v) is 32.5. The number of thiophene rings is 1. The number of phosphoric acid groups is 1. The number of hydrogen-bond acceptors (Lipinski definition) is 11. The average molecular weight is 769 g/mol. The summed E-state index contributed by atoms with van der Waals surface area (Å²) in [5.74, 6) is -0.384. The molecule has 0 spiro atoms. The summed E-state index contributed by atoms with van der Waals surface area (Å²) in [5, 5.41) is 5.46. The van der Waals surface area contributed by atoms with Gasteiger partial charge in [0.1, 0.15) is 12.4 Å². The van der Waals surface area contributed by atoms with Gasteiger partial charge in [-0.25, -0.2) is 13.8 Å². The van der Waals surface area contributed by atoms with Gasteiger partial charge in [0.05, 0.1) is 32.0 Å². The number of hydrogen-bond donors (Lipinski definition) is 2. The van der Waals surface area contributed by atoms with Gasteiger partial charge in [0.2, 0.25) is 5.91 Å². The van der Waals surface area contributed by atoms with Crippen molar-refractivity contribution in [2.24, 2.45) is 0 Å². The highest BCUT2D eigenvalue weighted by Crippen LogP contribution is 2.55. The molecule has 3 amide bonds. The number of aromatic nitrogens is 2. The predicted octanol–water partition coefficient (Wildman–Crippen LogP) is 7.97. The molecule has 0 atom stereocenters. The molecule has 0 bridgehead atoms. The quantitative estimate of drug-likeness (QED) is 0.136. The summed E-state index contributed by atoms with van der Waals surface area (Å²) in [4.78, 5) is 39.0. The molecule has 0 radical (unpaired) electrons. The monoisotopic (exact) mass is 768 g/mol. The van der Waals surface area contributed by atoms with Gasteiger partial charge in [-0.15, -0.1) is 11.3 Å². The van der Waals surface area contributed by atoms with Crippen LogP contribution in [0.25, 0.3) is 20.8 Å². The molecule has 3 aromatic heterocycles. The highest BCUT2D eigenvalue weighted by atomic mass is 32.1. The van der Waals surface area contributed by atoms with Crippen molar-refractivity contribution in [1.29, 1.82) is 0 Å². The zero-order valence-electron chi connectivity index (χ0n) is 30.8. The number of benzene rings is 1. The number of ether oxygens (including phenoxy) is 1. The number of anilines is 1. The standard InChI is InChI=1S/C37H46FN6O7PS/c1-36(2,3)50-52(47,51-37(4,5)6)48-23-33(45)44-17-15-43(16-18-44)22-24-7-11-28(40-21-24)32-20-29-34(53-32)31(13-14-39-29)49-30-12-10-26(19-27(30)38)42-35(46)41-25-8-9-25/h7,10-14,19-21,25H,8-9,15-18,22-23H2,1-6H3,(H2,41,42,46). The van der Waals surface area contributed by atoms with E-state index in [4.69, 9.17) is 23.3 Å². The Hall–Kier alpha value is -3.98. The van der Waals surface area contributed by atoms with E-state index in [-0.39, 0.29) is 23.7 Å². The molecule has 1 aliphatic heterocycles. The van der Waals surface area contributed by atoms with E-state index in [1.807, 2.05) is 24.4 Å². The third-order valence-electron chi connectivity index (χ3n) is 8.02. The number of halogens is 1. The lowest BCUT2D eigenvalue weighted by Gasteiger charge is -2.35. The molecule has 284 valence electrons. The number of rotatable bonds is 12. The lowest BCUT2D eigenvalue weighted by molar-refractivity contribution is -0.136. The molecule has 6 rings (SSSR count). The number of urea groups is 1. The van der Waals surface area contributed by atoms with Gasteiger partial charge in [-0.3, -0.25) is 33.2 Å². The third-order valence-corrected chi connectivity index (χ3v) is 11.2. The second-order valence-electron chi connectivity index (χ2n) is 15.1. The van der Waals surface area contributed by atoms with Crippen LogP contribution < -0.4 is 15.4 Å². The largest absolute Gasteiger partial charge is 0.476 e. The highest BCUT2D eigenvalue weighted by molar-refractivity contribution is 7.48. The lowest BCUT2D eigenvalue weighted by atomic mass is 10.2. The molecule has 53 heavy (non-hydrogen) atoms. The summed E-state index contributed by atoms with van der Waals surface area (Å²) in [5.41, 5.74) is 1.25. The van der Waals surface area contributed by atoms with E-state index in [0.717, 1.165) is 33.7 Å². The second kappa shape index (κ2) is 15.8. The molecule has 2 N–H and O–H groups in total. The predicted molar refractivity (Wildman–Crippen MR) is 202 cm³/mol. The van der Waals surface area contributed by atoms with Gasteiger partial charge in [0.15, 0.2) is 11.6 Å². The van der Waals surface area contributed by atoms with Gasteiger partial charge in [0.25, 0.3) is 0 Å². The van der Waals surface area contributed by atoms with E-state index >= 15 is 0 Å². The SMILES string of the molecule is CC(C)(C)OP(=O)(OCC(=O)N1CCN(Cc2ccc(-c3cc4nccc(Oc5ccc(NC(=O)NC6CC6)cc5F)c4s3)nc2)CC1)OC(C)(C)C. The van der Waals surface area contributed by atoms with Crippen molar-refractivity contribution >= 4 is 47.0 Å². The molecule has 2 aliphatic rings. The number of fused-ring (bicyclic) bond motifs is 1. The number of carbonyl (C=O) groups is 2. The van der Waals surface area contributed by atoms with E-state index in [1.54, 1.807) is 64.8 Å². The summed E-state index contributed by atoms with van der Waals surface area (Å²) in [6.45, 7) is 13.1. The molecule has 0 unspecified atom stereocenters. The zero-order chi connectivity index (χ0) is 38.0. The van der Waals surface area contributed by atoms with Crippen LogP contribution >= 0.6 is 19.2 Å². The number of piperazine rings is 1. The maximum Gasteiger partial charge on any atom is 0.476 e. The van der Waals surface area contributed by atoms with Crippen molar-refractivity contribution in [2.75, 3.05) is 38.1 Å². The molecule has 4 heterocycles. The van der Waals surface area contributed by atoms with Gasteiger partial charge in [-0.2, -0.15) is 0 Å². The Kier molecular flexibility index (Phi) is 11.5. The first-order chi connectivity index (χ1) is 25.0. The van der Waals surface area contributed by atoms with Crippen LogP contribution in [-0.2, 0) is 29.5 Å². The molecule has 1 aliphatic carbocycles. The maximum atomic E-state index is 15.0. The number of nitrogens with one attached hydrogen (secondary N) is 2. The highest BCUT2D eigenvalue weighted by Gasteiger charge is 2.38. The lowest BCUT2D eigenvalue weighted by Crippen LogP contribution is -2.49. The summed E-state index contributed by atoms with van der Waals surface area (Å²) < 4.78 is 51.8. The van der Waals surface area contributed by atoms with E-state index < -0.39 is 31.4 Å². The Morgan fingerprint density at radius 1 is 0.943 bits per heavy atom. The number of carbonyl (C=O) groups excluding carboxylic acids is 2. The first-order valence-electron chi connectivity index (χ1n) is 17.6. The third kappa shape index (κ3) is 11.0. The van der Waals surface area contributed by atoms with E-state index in [0.29, 0.717) is 49.7 Å². The minimum Gasteiger partial charge on any atom is -0.453 e. The summed E-state index contributed by atoms with van der Waals surface area (Å²) in [7, 11) is -3.99. The summed E-state index contributed by atoms with van der Waals surface area (Å²) in [6.07, 6.45) is 5.37. The fourth-order valence-electron chi connectivity index (χ4n) is 5.53. The van der Waals surface area contributed by atoms with Crippen molar-refractivity contribution in [1.82, 2.24) is 25.1 Å². The van der Waals surface area contributed by atoms with Crippen molar-refractivity contribution in [3.63, 3.8) is 0 Å². The number of nitrogens with zero attached hydrogens (tertiary/aromatic N) is 4. The Bertz CT molecular complexity index is 1970. The van der Waals surface area contributed by atoms with Gasteiger partial charge in [-0.05, 0) is 84.2 Å². The van der Waals surface area contributed by atoms with Crippen LogP contribution in [0.1, 0.15) is 59.9 Å². The van der Waals surface area contributed by atoms with Crippen LogP contribution in [0.5, 0.6) is 11.5 Å². The van der Waals surface area contributed by atoms with Crippen LogP contribution in [0.2, 0.25) is 0 Å². The molecular weight excluding hydrogens is 722 g/mol. The molecule has 16 heteroatoms. The topological polar surface area (TPSA) is 144 Å². The van der Waals surface area contributed by atoms with E-state index in [1.165, 1.54) is 23.5 Å². The summed E-state index contributed by atoms with van der Waals surface area (Å²) in [6, 6.07) is 11.8. The molecular formula is C37H46FN6O7PS. The van der Waals surface area contributed by atoms with E-state index in [9.17, 15) is 18.5 Å². The van der Waals surface area contributed by atoms with Crippen LogP contribution in [0.15, 0.2) is 54.9 Å². The van der Waals surface area contributed by atoms with Crippen LogP contribution in [0.3, 0.4) is 0 Å². The molecule has 1 saturated carbocycles. The molecule has 13 nitrogen and oxygen atoms in total. The normalized spacial score (nSPS) is 15.8. The Morgan fingerprint density at radius 3 is 2.28 bits per heavy atom. The summed E-state index contributed by atoms with van der Waals surface area (Å²) >= 11 is 1.45. The van der Waals surface area contributed by atoms with Crippen molar-refractivity contribution in [3.05, 3.63) is 66.2 Å². The Morgan fingerprint density at radius 2 is 1.66 bits per heavy atom. The number of amides is 3. The van der Waals surface area contributed by atoms with Crippen molar-refractivity contribution in [3.8, 4) is 22.1 Å². The fraction of sp³-hybridized carbons (Fsp3) is 0.459. The molecule has 4 aromatic rings. The molecule has 1 saturated heterocycles. The molecule has 2 fully saturated rings. The van der Waals surface area contributed by atoms with Gasteiger partial charge in [-0.1, -0.05) is 6.07 Å². The van der Waals surface area contributed by atoms with Gasteiger partial charge < -0.3 is 20.3 Å². The van der Waals surface area contributed by atoms with Crippen LogP contribution in [0, 0.1) is 5.82 Å². The Balaban J connectivity index is 1.02. The van der Waals surface area contributed by atoms with Crippen LogP contribution in [-0.4, -0.2) is 81.7 Å². The van der Waals surface area contributed by atoms with Crippen LogP contribution in [0.4, 0.5) is 14.9 Å². The smallest absolute Gasteiger partial charge is 0.453 e. The average Bonchev–Trinajstić information content (AvgIpc) is 3.77. The minimum absolute atomic E-state index is 0.0313. The number of pyridine rings is 2. The fourth-order valence-corrected chi connectivity index (χ4v) is 8.32. The Labute approximate surface area is 312 Å². The first-order valence-corrected chi connectivity index (χ1v) is 19.8. The molecule has 1 aromatic carbocycles.